The van der Waals surface area contributed by atoms with Crippen LogP contribution in [0, 0.1) is 0 Å². The summed E-state index contributed by atoms with van der Waals surface area (Å²) < 4.78 is 20.8. The van der Waals surface area contributed by atoms with Crippen molar-refractivity contribution in [2.45, 2.75) is 0 Å². The van der Waals surface area contributed by atoms with E-state index in [0.717, 1.165) is 0 Å². The second-order valence-corrected chi connectivity index (χ2v) is 6.95. The molecule has 0 bridgehead atoms. The van der Waals surface area contributed by atoms with Crippen molar-refractivity contribution >= 4 is 39.9 Å². The molecular weight excluding hydrogens is 474 g/mol. The van der Waals surface area contributed by atoms with Crippen LogP contribution < -0.4 is 25.0 Å². The number of carbonyl (C=O) groups excluding carboxylic acids is 3. The lowest BCUT2D eigenvalue weighted by Crippen LogP contribution is -2.34. The van der Waals surface area contributed by atoms with Crippen LogP contribution in [0.3, 0.4) is 0 Å². The van der Waals surface area contributed by atoms with Crippen LogP contribution in [0.25, 0.3) is 0 Å². The number of methoxy groups -OCH3 is 1. The fourth-order valence-corrected chi connectivity index (χ4v) is 2.94. The van der Waals surface area contributed by atoms with Crippen LogP contribution in [0.5, 0.6) is 17.2 Å². The van der Waals surface area contributed by atoms with E-state index in [2.05, 4.69) is 36.5 Å². The number of nitrogens with one attached hydrogen (secondary N) is 2. The van der Waals surface area contributed by atoms with Gasteiger partial charge in [-0.3, -0.25) is 9.59 Å². The molecule has 0 atom stereocenters. The monoisotopic (exact) mass is 491 g/mol. The molecule has 2 aromatic rings. The predicted molar refractivity (Wildman–Crippen MR) is 112 cm³/mol. The number of esters is 1. The van der Waals surface area contributed by atoms with Crippen LogP contribution in [0.4, 0.5) is 0 Å². The van der Waals surface area contributed by atoms with E-state index in [9.17, 15) is 14.4 Å². The molecule has 0 fully saturated rings. The average molecular weight is 492 g/mol. The van der Waals surface area contributed by atoms with Crippen molar-refractivity contribution in [2.24, 2.45) is 5.10 Å². The van der Waals surface area contributed by atoms with Gasteiger partial charge in [0.2, 0.25) is 6.79 Å². The number of rotatable bonds is 8. The summed E-state index contributed by atoms with van der Waals surface area (Å²) in [5.74, 6) is 0.0860. The summed E-state index contributed by atoms with van der Waals surface area (Å²) >= 11 is 3.33. The lowest BCUT2D eigenvalue weighted by molar-refractivity contribution is -0.142. The van der Waals surface area contributed by atoms with Gasteiger partial charge in [-0.1, -0.05) is 0 Å². The Bertz CT molecular complexity index is 1030. The summed E-state index contributed by atoms with van der Waals surface area (Å²) in [5, 5.41) is 6.35. The molecule has 2 aromatic carbocycles. The van der Waals surface area contributed by atoms with Crippen LogP contribution >= 0.6 is 15.9 Å². The highest BCUT2D eigenvalue weighted by Gasteiger charge is 2.16. The van der Waals surface area contributed by atoms with Crippen molar-refractivity contribution in [3.8, 4) is 17.2 Å². The second-order valence-electron chi connectivity index (χ2n) is 6.10. The number of benzene rings is 2. The van der Waals surface area contributed by atoms with Crippen molar-refractivity contribution in [1.29, 1.82) is 0 Å². The van der Waals surface area contributed by atoms with Crippen molar-refractivity contribution in [2.75, 3.05) is 27.1 Å². The van der Waals surface area contributed by atoms with E-state index in [-0.39, 0.29) is 19.9 Å². The highest BCUT2D eigenvalue weighted by molar-refractivity contribution is 9.10. The lowest BCUT2D eigenvalue weighted by atomic mass is 10.2. The first-order valence-corrected chi connectivity index (χ1v) is 9.74. The van der Waals surface area contributed by atoms with Crippen molar-refractivity contribution < 1.29 is 33.3 Å². The minimum atomic E-state index is -0.498. The molecule has 3 rings (SSSR count). The molecule has 31 heavy (non-hydrogen) atoms. The minimum absolute atomic E-state index is 0.112. The third-order valence-corrected chi connectivity index (χ3v) is 4.60. The second kappa shape index (κ2) is 10.4. The molecule has 1 aliphatic rings. The Balaban J connectivity index is 1.45. The molecule has 11 heteroatoms. The summed E-state index contributed by atoms with van der Waals surface area (Å²) in [6.45, 7) is -0.355. The molecule has 2 N–H and O–H groups in total. The van der Waals surface area contributed by atoms with Gasteiger partial charge in [-0.15, -0.1) is 0 Å². The SMILES string of the molecule is COC(=O)COc1ccc(C=NNC(=O)CNC(=O)c2ccc3c(c2)OCO3)cc1Br. The summed E-state index contributed by atoms with van der Waals surface area (Å²) in [7, 11) is 1.28. The largest absolute Gasteiger partial charge is 0.481 e. The van der Waals surface area contributed by atoms with E-state index in [4.69, 9.17) is 14.2 Å². The van der Waals surface area contributed by atoms with Gasteiger partial charge in [0, 0.05) is 5.56 Å². The number of hydrogen-bond donors (Lipinski definition) is 2. The average Bonchev–Trinajstić information content (AvgIpc) is 3.24. The number of nitrogens with zero attached hydrogens (tertiary/aromatic N) is 1. The van der Waals surface area contributed by atoms with Crippen LogP contribution in [-0.4, -0.2) is 51.1 Å². The molecule has 162 valence electrons. The molecular formula is C20H18BrN3O7. The first-order chi connectivity index (χ1) is 15.0. The van der Waals surface area contributed by atoms with Crippen LogP contribution in [0.1, 0.15) is 15.9 Å². The van der Waals surface area contributed by atoms with E-state index in [1.54, 1.807) is 36.4 Å². The number of fused-ring (bicyclic) bond motifs is 1. The third kappa shape index (κ3) is 6.19. The third-order valence-electron chi connectivity index (χ3n) is 3.98. The van der Waals surface area contributed by atoms with Crippen molar-refractivity contribution in [1.82, 2.24) is 10.7 Å². The molecule has 0 radical (unpaired) electrons. The van der Waals surface area contributed by atoms with Gasteiger partial charge in [-0.25, -0.2) is 10.2 Å². The number of amides is 2. The summed E-state index contributed by atoms with van der Waals surface area (Å²) in [4.78, 5) is 35.2. The first-order valence-electron chi connectivity index (χ1n) is 8.95. The maximum Gasteiger partial charge on any atom is 0.343 e. The van der Waals surface area contributed by atoms with E-state index >= 15 is 0 Å². The molecule has 0 saturated carbocycles. The summed E-state index contributed by atoms with van der Waals surface area (Å²) in [6.07, 6.45) is 1.42. The van der Waals surface area contributed by atoms with Gasteiger partial charge in [0.05, 0.1) is 24.3 Å². The van der Waals surface area contributed by atoms with Gasteiger partial charge in [0.15, 0.2) is 18.1 Å². The molecule has 1 aliphatic heterocycles. The zero-order valence-electron chi connectivity index (χ0n) is 16.3. The quantitative estimate of drug-likeness (QED) is 0.326. The van der Waals surface area contributed by atoms with Crippen LogP contribution in [0.15, 0.2) is 46.0 Å². The standard InChI is InChI=1S/C20H18BrN3O7/c1-28-19(26)10-29-15-4-2-12(6-14(15)21)8-23-24-18(25)9-22-20(27)13-3-5-16-17(7-13)31-11-30-16/h2-8H,9-11H2,1H3,(H,22,27)(H,24,25). The van der Waals surface area contributed by atoms with Gasteiger partial charge in [0.25, 0.3) is 11.8 Å². The topological polar surface area (TPSA) is 125 Å². The first kappa shape index (κ1) is 22.1. The Labute approximate surface area is 185 Å². The number of ether oxygens (including phenoxy) is 4. The molecule has 1 heterocycles. The smallest absolute Gasteiger partial charge is 0.343 e. The maximum absolute atomic E-state index is 12.2. The predicted octanol–water partition coefficient (Wildman–Crippen LogP) is 1.61. The van der Waals surface area contributed by atoms with E-state index in [1.165, 1.54) is 13.3 Å². The molecule has 10 nitrogen and oxygen atoms in total. The maximum atomic E-state index is 12.2. The molecule has 0 aromatic heterocycles. The molecule has 0 spiro atoms. The molecule has 2 amide bonds. The molecule has 0 aliphatic carbocycles. The number of hydrogen-bond acceptors (Lipinski definition) is 8. The zero-order valence-corrected chi connectivity index (χ0v) is 17.9. The van der Waals surface area contributed by atoms with E-state index < -0.39 is 17.8 Å². The zero-order chi connectivity index (χ0) is 22.2. The molecule has 0 unspecified atom stereocenters. The Hall–Kier alpha value is -3.60. The Morgan fingerprint density at radius 2 is 1.97 bits per heavy atom. The van der Waals surface area contributed by atoms with E-state index in [1.807, 2.05) is 0 Å². The number of halogens is 1. The van der Waals surface area contributed by atoms with Gasteiger partial charge < -0.3 is 24.3 Å². The van der Waals surface area contributed by atoms with Gasteiger partial charge in [0.1, 0.15) is 5.75 Å². The van der Waals surface area contributed by atoms with Crippen molar-refractivity contribution in [3.63, 3.8) is 0 Å². The van der Waals surface area contributed by atoms with E-state index in [0.29, 0.717) is 32.8 Å². The summed E-state index contributed by atoms with van der Waals surface area (Å²) in [5.41, 5.74) is 3.34. The highest BCUT2D eigenvalue weighted by Crippen LogP contribution is 2.32. The minimum Gasteiger partial charge on any atom is -0.481 e. The highest BCUT2D eigenvalue weighted by atomic mass is 79.9. The Morgan fingerprint density at radius 1 is 1.16 bits per heavy atom. The lowest BCUT2D eigenvalue weighted by Gasteiger charge is -2.07. The Morgan fingerprint density at radius 3 is 2.74 bits per heavy atom. The summed E-state index contributed by atoms with van der Waals surface area (Å²) in [6, 6.07) is 9.78. The van der Waals surface area contributed by atoms with Gasteiger partial charge in [-0.05, 0) is 57.9 Å². The van der Waals surface area contributed by atoms with Crippen LogP contribution in [-0.2, 0) is 14.3 Å². The van der Waals surface area contributed by atoms with Crippen LogP contribution in [0.2, 0.25) is 0 Å². The fraction of sp³-hybridized carbons (Fsp3) is 0.200. The van der Waals surface area contributed by atoms with Gasteiger partial charge in [-0.2, -0.15) is 5.10 Å². The van der Waals surface area contributed by atoms with Crippen molar-refractivity contribution in [3.05, 3.63) is 52.0 Å². The number of carbonyl (C=O) groups is 3. The Kier molecular flexibility index (Phi) is 7.44. The van der Waals surface area contributed by atoms with Gasteiger partial charge >= 0.3 is 5.97 Å². The normalized spacial score (nSPS) is 11.8. The fourth-order valence-electron chi connectivity index (χ4n) is 2.43. The number of hydrazone groups is 1. The molecule has 0 saturated heterocycles.